The molecule has 2 aliphatic carbocycles. The number of fused-ring (bicyclic) bond motifs is 2. The van der Waals surface area contributed by atoms with Gasteiger partial charge in [0.2, 0.25) is 0 Å². The van der Waals surface area contributed by atoms with Crippen LogP contribution in [0.4, 0.5) is 0 Å². The van der Waals surface area contributed by atoms with Crippen LogP contribution in [0.2, 0.25) is 0 Å². The maximum absolute atomic E-state index is 2.94. The molecule has 2 atom stereocenters. The summed E-state index contributed by atoms with van der Waals surface area (Å²) in [4.78, 5) is 0. The molecule has 0 nitrogen and oxygen atoms in total. The molecule has 2 aliphatic rings. The molecular weight excluding hydrogens is 416 g/mol. The number of benzene rings is 3. The Morgan fingerprint density at radius 1 is 0.679 bits per heavy atom. The van der Waals surface area contributed by atoms with Gasteiger partial charge in [0.1, 0.15) is 0 Å². The van der Waals surface area contributed by atoms with Gasteiger partial charge >= 0.3 is 173 Å². The van der Waals surface area contributed by atoms with Gasteiger partial charge in [0.05, 0.1) is 0 Å². The summed E-state index contributed by atoms with van der Waals surface area (Å²) in [5.74, 6) is 0. The fourth-order valence-electron chi connectivity index (χ4n) is 5.26. The third-order valence-electron chi connectivity index (χ3n) is 6.65. The van der Waals surface area contributed by atoms with Crippen LogP contribution >= 0.6 is 0 Å². The Kier molecular flexibility index (Phi) is 4.73. The Morgan fingerprint density at radius 3 is 1.71 bits per heavy atom. The van der Waals surface area contributed by atoms with Crippen molar-refractivity contribution in [3.05, 3.63) is 119 Å². The first-order valence-electron chi connectivity index (χ1n) is 10.2. The van der Waals surface area contributed by atoms with Crippen molar-refractivity contribution >= 4 is 15.9 Å². The molecule has 0 amide bonds. The molecule has 28 heavy (non-hydrogen) atoms. The molecular formula is C27H25Zr. The van der Waals surface area contributed by atoms with Crippen molar-refractivity contribution in [2.24, 2.45) is 0 Å². The van der Waals surface area contributed by atoms with E-state index >= 15 is 0 Å². The van der Waals surface area contributed by atoms with Crippen LogP contribution in [0.3, 0.4) is 0 Å². The van der Waals surface area contributed by atoms with E-state index in [1.165, 1.54) is 20.8 Å². The number of rotatable bonds is 4. The Morgan fingerprint density at radius 2 is 1.18 bits per heavy atom. The van der Waals surface area contributed by atoms with Crippen molar-refractivity contribution in [3.8, 4) is 0 Å². The van der Waals surface area contributed by atoms with Gasteiger partial charge in [0.15, 0.2) is 0 Å². The van der Waals surface area contributed by atoms with E-state index in [1.807, 2.05) is 0 Å². The third kappa shape index (κ3) is 2.88. The predicted molar refractivity (Wildman–Crippen MR) is 118 cm³/mol. The summed E-state index contributed by atoms with van der Waals surface area (Å²) in [6.45, 7) is 2.35. The van der Waals surface area contributed by atoms with Gasteiger partial charge in [-0.25, -0.2) is 0 Å². The van der Waals surface area contributed by atoms with Gasteiger partial charge in [-0.3, -0.25) is 0 Å². The minimum atomic E-state index is -2.94. The summed E-state index contributed by atoms with van der Waals surface area (Å²) < 4.78 is 5.09. The standard InChI is InChI=1S/2C9H7.C7H7.C2H4.Zr/c2*1-2-5-9-7-3-6-8(9)4-1;1-7-5-3-2-4-6-7;1-2;/h2*1-7H;2-6H,1H2;1H,2H3;. The molecule has 0 radical (unpaired) electrons. The number of allylic oxidation sites excluding steroid dienone is 2. The zero-order chi connectivity index (χ0) is 19.0. The number of hydrogen-bond acceptors (Lipinski definition) is 0. The zero-order valence-corrected chi connectivity index (χ0v) is 18.7. The Hall–Kier alpha value is -2.11. The van der Waals surface area contributed by atoms with Gasteiger partial charge in [0, 0.05) is 0 Å². The van der Waals surface area contributed by atoms with Gasteiger partial charge < -0.3 is 0 Å². The Balaban J connectivity index is 1.70. The first-order valence-corrected chi connectivity index (χ1v) is 16.2. The quantitative estimate of drug-likeness (QED) is 0.423. The molecule has 0 fully saturated rings. The average Bonchev–Trinajstić information content (AvgIpc) is 3.38. The van der Waals surface area contributed by atoms with Crippen LogP contribution in [0.5, 0.6) is 0 Å². The fourth-order valence-corrected chi connectivity index (χ4v) is 18.3. The van der Waals surface area contributed by atoms with Crippen LogP contribution in [-0.4, -0.2) is 3.71 Å². The van der Waals surface area contributed by atoms with Crippen molar-refractivity contribution in [1.82, 2.24) is 0 Å². The van der Waals surface area contributed by atoms with Crippen molar-refractivity contribution in [1.29, 1.82) is 0 Å². The molecule has 0 aromatic heterocycles. The van der Waals surface area contributed by atoms with Gasteiger partial charge in [-0.1, -0.05) is 0 Å². The Bertz CT molecular complexity index is 1050. The monoisotopic (exact) mass is 439 g/mol. The summed E-state index contributed by atoms with van der Waals surface area (Å²) in [5, 5.41) is 0. The first-order chi connectivity index (χ1) is 13.8. The molecule has 3 aromatic carbocycles. The molecule has 0 aliphatic heterocycles. The average molecular weight is 441 g/mol. The van der Waals surface area contributed by atoms with E-state index in [-0.39, 0.29) is 0 Å². The van der Waals surface area contributed by atoms with Gasteiger partial charge in [-0.2, -0.15) is 0 Å². The SMILES string of the molecule is C[CH]=[Zr]([CH2]c1ccccc1)([CH]1C=Cc2ccccc21)[CH]1C=Cc2ccccc21. The van der Waals surface area contributed by atoms with E-state index in [0.29, 0.717) is 7.25 Å². The van der Waals surface area contributed by atoms with Gasteiger partial charge in [0.25, 0.3) is 0 Å². The molecule has 0 N–H and O–H groups in total. The summed E-state index contributed by atoms with van der Waals surface area (Å²) >= 11 is -2.94. The fraction of sp³-hybridized carbons (Fsp3) is 0.148. The van der Waals surface area contributed by atoms with Crippen molar-refractivity contribution in [2.45, 2.75) is 18.3 Å². The van der Waals surface area contributed by atoms with Crippen LogP contribution in [0.25, 0.3) is 12.2 Å². The van der Waals surface area contributed by atoms with E-state index < -0.39 is 19.8 Å². The molecule has 5 rings (SSSR count). The normalized spacial score (nSPS) is 21.2. The molecule has 0 saturated carbocycles. The summed E-state index contributed by atoms with van der Waals surface area (Å²) in [6.07, 6.45) is 9.78. The van der Waals surface area contributed by atoms with Crippen molar-refractivity contribution in [2.75, 3.05) is 0 Å². The van der Waals surface area contributed by atoms with E-state index in [2.05, 4.69) is 114 Å². The van der Waals surface area contributed by atoms with Crippen molar-refractivity contribution < 1.29 is 19.8 Å². The maximum atomic E-state index is 2.69. The molecule has 1 heteroatoms. The molecule has 3 aromatic rings. The molecule has 0 spiro atoms. The molecule has 0 bridgehead atoms. The van der Waals surface area contributed by atoms with Crippen LogP contribution < -0.4 is 0 Å². The third-order valence-corrected chi connectivity index (χ3v) is 20.0. The minimum absolute atomic E-state index is 0.580. The van der Waals surface area contributed by atoms with E-state index in [1.54, 1.807) is 11.1 Å². The van der Waals surface area contributed by atoms with E-state index in [4.69, 9.17) is 0 Å². The number of hydrogen-bond donors (Lipinski definition) is 0. The van der Waals surface area contributed by atoms with Crippen LogP contribution in [0, 0.1) is 0 Å². The molecule has 2 unspecified atom stereocenters. The molecule has 0 saturated heterocycles. The van der Waals surface area contributed by atoms with Crippen molar-refractivity contribution in [3.63, 3.8) is 0 Å². The van der Waals surface area contributed by atoms with Gasteiger partial charge in [-0.15, -0.1) is 0 Å². The second kappa shape index (κ2) is 7.38. The first kappa shape index (κ1) is 18.0. The summed E-state index contributed by atoms with van der Waals surface area (Å²) in [5.41, 5.74) is 7.42. The molecule has 0 heterocycles. The van der Waals surface area contributed by atoms with Gasteiger partial charge in [-0.05, 0) is 0 Å². The van der Waals surface area contributed by atoms with E-state index in [0.717, 1.165) is 0 Å². The predicted octanol–water partition coefficient (Wildman–Crippen LogP) is 6.70. The van der Waals surface area contributed by atoms with Crippen LogP contribution in [0.15, 0.2) is 91.0 Å². The summed E-state index contributed by atoms with van der Waals surface area (Å²) in [6, 6.07) is 29.2. The zero-order valence-electron chi connectivity index (χ0n) is 16.3. The van der Waals surface area contributed by atoms with E-state index in [9.17, 15) is 0 Å². The van der Waals surface area contributed by atoms with Crippen LogP contribution in [0.1, 0.15) is 42.0 Å². The summed E-state index contributed by atoms with van der Waals surface area (Å²) in [7, 11) is 0. The van der Waals surface area contributed by atoms with Crippen LogP contribution in [-0.2, 0) is 23.9 Å². The second-order valence-corrected chi connectivity index (χ2v) is 18.8. The molecule has 137 valence electrons. The topological polar surface area (TPSA) is 0 Å². The second-order valence-electron chi connectivity index (χ2n) is 7.99. The Labute approximate surface area is 172 Å².